The van der Waals surface area contributed by atoms with Crippen molar-refractivity contribution < 1.29 is 9.84 Å². The molecule has 1 saturated heterocycles. The monoisotopic (exact) mass is 178 g/mol. The van der Waals surface area contributed by atoms with Gasteiger partial charge in [0.05, 0.1) is 6.61 Å². The van der Waals surface area contributed by atoms with Crippen LogP contribution in [-0.2, 0) is 10.3 Å². The van der Waals surface area contributed by atoms with Gasteiger partial charge in [0.25, 0.3) is 0 Å². The van der Waals surface area contributed by atoms with Crippen LogP contribution in [0.2, 0.25) is 0 Å². The lowest BCUT2D eigenvalue weighted by Crippen LogP contribution is -2.26. The van der Waals surface area contributed by atoms with Gasteiger partial charge in [0, 0.05) is 13.0 Å². The summed E-state index contributed by atoms with van der Waals surface area (Å²) in [5, 5.41) is 10.2. The van der Waals surface area contributed by atoms with E-state index in [0.29, 0.717) is 19.6 Å². The van der Waals surface area contributed by atoms with Crippen molar-refractivity contribution in [2.45, 2.75) is 18.9 Å². The summed E-state index contributed by atoms with van der Waals surface area (Å²) in [5.41, 5.74) is 1.40. The van der Waals surface area contributed by atoms with Gasteiger partial charge in [-0.1, -0.05) is 24.3 Å². The SMILES string of the molecule is Cc1ccccc1C1(O)CCOC1. The van der Waals surface area contributed by atoms with Crippen LogP contribution in [0.5, 0.6) is 0 Å². The average Bonchev–Trinajstić information content (AvgIpc) is 2.54. The van der Waals surface area contributed by atoms with Crippen molar-refractivity contribution in [3.8, 4) is 0 Å². The van der Waals surface area contributed by atoms with E-state index in [4.69, 9.17) is 4.74 Å². The van der Waals surface area contributed by atoms with Crippen molar-refractivity contribution >= 4 is 0 Å². The minimum atomic E-state index is -0.745. The highest BCUT2D eigenvalue weighted by molar-refractivity contribution is 5.31. The molecule has 0 amide bonds. The van der Waals surface area contributed by atoms with Crippen LogP contribution in [0.4, 0.5) is 0 Å². The van der Waals surface area contributed by atoms with Crippen LogP contribution < -0.4 is 0 Å². The van der Waals surface area contributed by atoms with Crippen LogP contribution in [0.1, 0.15) is 17.5 Å². The Balaban J connectivity index is 2.39. The number of aliphatic hydroxyl groups is 1. The van der Waals surface area contributed by atoms with Gasteiger partial charge in [0.1, 0.15) is 5.60 Å². The molecule has 0 saturated carbocycles. The van der Waals surface area contributed by atoms with E-state index in [1.807, 2.05) is 31.2 Å². The molecule has 1 fully saturated rings. The van der Waals surface area contributed by atoms with Gasteiger partial charge >= 0.3 is 0 Å². The van der Waals surface area contributed by atoms with E-state index in [1.165, 1.54) is 0 Å². The van der Waals surface area contributed by atoms with Crippen LogP contribution >= 0.6 is 0 Å². The summed E-state index contributed by atoms with van der Waals surface area (Å²) in [4.78, 5) is 0. The van der Waals surface area contributed by atoms with Gasteiger partial charge in [-0.3, -0.25) is 0 Å². The first kappa shape index (κ1) is 8.73. The zero-order valence-electron chi connectivity index (χ0n) is 7.79. The molecule has 1 aromatic carbocycles. The summed E-state index contributed by atoms with van der Waals surface area (Å²) in [6.45, 7) is 3.11. The largest absolute Gasteiger partial charge is 0.383 e. The third-order valence-electron chi connectivity index (χ3n) is 2.65. The van der Waals surface area contributed by atoms with Crippen molar-refractivity contribution in [2.24, 2.45) is 0 Å². The summed E-state index contributed by atoms with van der Waals surface area (Å²) in [6.07, 6.45) is 0.706. The lowest BCUT2D eigenvalue weighted by molar-refractivity contribution is 0.0227. The van der Waals surface area contributed by atoms with E-state index in [0.717, 1.165) is 11.1 Å². The molecule has 0 radical (unpaired) electrons. The van der Waals surface area contributed by atoms with Crippen molar-refractivity contribution in [3.63, 3.8) is 0 Å². The first-order valence-corrected chi connectivity index (χ1v) is 4.59. The molecule has 0 bridgehead atoms. The molecule has 0 aromatic heterocycles. The molecule has 1 atom stereocenters. The molecule has 1 aliphatic rings. The molecule has 2 nitrogen and oxygen atoms in total. The molecule has 0 aliphatic carbocycles. The van der Waals surface area contributed by atoms with Crippen LogP contribution in [0, 0.1) is 6.92 Å². The highest BCUT2D eigenvalue weighted by atomic mass is 16.5. The molecule has 13 heavy (non-hydrogen) atoms. The zero-order valence-corrected chi connectivity index (χ0v) is 7.79. The summed E-state index contributed by atoms with van der Waals surface area (Å²) in [5.74, 6) is 0. The van der Waals surface area contributed by atoms with Gasteiger partial charge < -0.3 is 9.84 Å². The predicted molar refractivity (Wildman–Crippen MR) is 50.5 cm³/mol. The van der Waals surface area contributed by atoms with E-state index in [9.17, 15) is 5.11 Å². The van der Waals surface area contributed by atoms with Gasteiger partial charge in [0.15, 0.2) is 0 Å². The standard InChI is InChI=1S/C11H14O2/c1-9-4-2-3-5-10(9)11(12)6-7-13-8-11/h2-5,12H,6-8H2,1H3. The van der Waals surface area contributed by atoms with Crippen molar-refractivity contribution in [1.82, 2.24) is 0 Å². The summed E-state index contributed by atoms with van der Waals surface area (Å²) in [7, 11) is 0. The van der Waals surface area contributed by atoms with Gasteiger partial charge in [-0.2, -0.15) is 0 Å². The molecular formula is C11H14O2. The van der Waals surface area contributed by atoms with E-state index in [2.05, 4.69) is 0 Å². The lowest BCUT2D eigenvalue weighted by atomic mass is 9.90. The molecule has 2 rings (SSSR count). The minimum absolute atomic E-state index is 0.428. The lowest BCUT2D eigenvalue weighted by Gasteiger charge is -2.22. The summed E-state index contributed by atoms with van der Waals surface area (Å²) < 4.78 is 5.22. The van der Waals surface area contributed by atoms with E-state index >= 15 is 0 Å². The molecule has 1 unspecified atom stereocenters. The number of hydrogen-bond donors (Lipinski definition) is 1. The van der Waals surface area contributed by atoms with E-state index in [-0.39, 0.29) is 0 Å². The zero-order chi connectivity index (χ0) is 9.31. The maximum Gasteiger partial charge on any atom is 0.115 e. The van der Waals surface area contributed by atoms with Gasteiger partial charge in [-0.25, -0.2) is 0 Å². The van der Waals surface area contributed by atoms with Crippen molar-refractivity contribution in [1.29, 1.82) is 0 Å². The Morgan fingerprint density at radius 3 is 2.77 bits per heavy atom. The second-order valence-electron chi connectivity index (χ2n) is 3.65. The molecule has 1 heterocycles. The molecule has 0 spiro atoms. The molecule has 2 heteroatoms. The molecule has 70 valence electrons. The fourth-order valence-corrected chi connectivity index (χ4v) is 1.86. The fraction of sp³-hybridized carbons (Fsp3) is 0.455. The number of aryl methyl sites for hydroxylation is 1. The topological polar surface area (TPSA) is 29.5 Å². The minimum Gasteiger partial charge on any atom is -0.383 e. The smallest absolute Gasteiger partial charge is 0.115 e. The highest BCUT2D eigenvalue weighted by Gasteiger charge is 2.34. The average molecular weight is 178 g/mol. The van der Waals surface area contributed by atoms with Crippen LogP contribution in [0.3, 0.4) is 0 Å². The Hall–Kier alpha value is -0.860. The number of hydrogen-bond acceptors (Lipinski definition) is 2. The molecular weight excluding hydrogens is 164 g/mol. The first-order valence-electron chi connectivity index (χ1n) is 4.59. The Bertz CT molecular complexity index is 301. The normalized spacial score (nSPS) is 27.8. The van der Waals surface area contributed by atoms with Gasteiger partial charge in [-0.15, -0.1) is 0 Å². The number of benzene rings is 1. The van der Waals surface area contributed by atoms with Crippen molar-refractivity contribution in [2.75, 3.05) is 13.2 Å². The highest BCUT2D eigenvalue weighted by Crippen LogP contribution is 2.31. The Morgan fingerprint density at radius 1 is 1.38 bits per heavy atom. The Morgan fingerprint density at radius 2 is 2.15 bits per heavy atom. The molecule has 1 aromatic rings. The van der Waals surface area contributed by atoms with Gasteiger partial charge in [0.2, 0.25) is 0 Å². The third kappa shape index (κ3) is 1.47. The van der Waals surface area contributed by atoms with Crippen LogP contribution in [-0.4, -0.2) is 18.3 Å². The summed E-state index contributed by atoms with van der Waals surface area (Å²) >= 11 is 0. The maximum absolute atomic E-state index is 10.2. The quantitative estimate of drug-likeness (QED) is 0.707. The molecule has 1 N–H and O–H groups in total. The third-order valence-corrected chi connectivity index (χ3v) is 2.65. The second-order valence-corrected chi connectivity index (χ2v) is 3.65. The Labute approximate surface area is 78.2 Å². The van der Waals surface area contributed by atoms with E-state index < -0.39 is 5.60 Å². The van der Waals surface area contributed by atoms with Gasteiger partial charge in [-0.05, 0) is 18.1 Å². The maximum atomic E-state index is 10.2. The van der Waals surface area contributed by atoms with E-state index in [1.54, 1.807) is 0 Å². The fourth-order valence-electron chi connectivity index (χ4n) is 1.86. The molecule has 1 aliphatic heterocycles. The second kappa shape index (κ2) is 3.13. The predicted octanol–water partition coefficient (Wildman–Crippen LogP) is 1.60. The van der Waals surface area contributed by atoms with Crippen LogP contribution in [0.25, 0.3) is 0 Å². The number of rotatable bonds is 1. The summed E-state index contributed by atoms with van der Waals surface area (Å²) in [6, 6.07) is 7.94. The van der Waals surface area contributed by atoms with Crippen molar-refractivity contribution in [3.05, 3.63) is 35.4 Å². The Kier molecular flexibility index (Phi) is 2.10. The number of ether oxygens (including phenoxy) is 1. The van der Waals surface area contributed by atoms with Crippen LogP contribution in [0.15, 0.2) is 24.3 Å². The first-order chi connectivity index (χ1) is 6.22.